The molecule has 0 bridgehead atoms. The lowest BCUT2D eigenvalue weighted by Gasteiger charge is -2.16. The summed E-state index contributed by atoms with van der Waals surface area (Å²) >= 11 is 7.90. The van der Waals surface area contributed by atoms with Crippen LogP contribution in [0.3, 0.4) is 0 Å². The van der Waals surface area contributed by atoms with Gasteiger partial charge in [-0.15, -0.1) is 11.3 Å². The summed E-state index contributed by atoms with van der Waals surface area (Å²) < 4.78 is 0. The molecule has 0 radical (unpaired) electrons. The second kappa shape index (κ2) is 5.85. The van der Waals surface area contributed by atoms with E-state index in [4.69, 9.17) is 17.4 Å². The number of rotatable bonds is 5. The minimum atomic E-state index is 0.193. The highest BCUT2D eigenvalue weighted by atomic mass is 35.5. The summed E-state index contributed by atoms with van der Waals surface area (Å²) in [5, 5.41) is 2.95. The first kappa shape index (κ1) is 13.0. The Balaban J connectivity index is 2.70. The molecule has 1 atom stereocenters. The van der Waals surface area contributed by atoms with Gasteiger partial charge in [0.25, 0.3) is 0 Å². The maximum Gasteiger partial charge on any atom is 0.0590 e. The summed E-state index contributed by atoms with van der Waals surface area (Å²) in [4.78, 5) is 1.16. The average molecular weight is 247 g/mol. The Morgan fingerprint density at radius 1 is 1.47 bits per heavy atom. The van der Waals surface area contributed by atoms with Crippen LogP contribution in [0, 0.1) is 12.8 Å². The van der Waals surface area contributed by atoms with Crippen LogP contribution in [0.25, 0.3) is 0 Å². The van der Waals surface area contributed by atoms with Crippen molar-refractivity contribution in [3.63, 3.8) is 0 Å². The summed E-state index contributed by atoms with van der Waals surface area (Å²) in [5.74, 6) is 6.26. The van der Waals surface area contributed by atoms with Crippen LogP contribution in [0.2, 0.25) is 5.02 Å². The van der Waals surface area contributed by atoms with Crippen LogP contribution in [0.4, 0.5) is 0 Å². The maximum absolute atomic E-state index is 6.21. The molecule has 3 N–H and O–H groups in total. The molecular weight excluding hydrogens is 228 g/mol. The van der Waals surface area contributed by atoms with E-state index in [-0.39, 0.29) is 6.04 Å². The van der Waals surface area contributed by atoms with Gasteiger partial charge in [-0.1, -0.05) is 25.4 Å². The van der Waals surface area contributed by atoms with Crippen molar-refractivity contribution in [2.24, 2.45) is 11.8 Å². The molecule has 0 aliphatic heterocycles. The molecule has 1 aromatic heterocycles. The molecule has 1 aromatic rings. The van der Waals surface area contributed by atoms with Gasteiger partial charge in [0, 0.05) is 4.88 Å². The number of thiophene rings is 1. The van der Waals surface area contributed by atoms with E-state index in [0.717, 1.165) is 28.3 Å². The van der Waals surface area contributed by atoms with Gasteiger partial charge >= 0.3 is 0 Å². The van der Waals surface area contributed by atoms with E-state index < -0.39 is 0 Å². The second-order valence-corrected chi connectivity index (χ2v) is 5.58. The van der Waals surface area contributed by atoms with Crippen molar-refractivity contribution in [2.45, 2.75) is 39.7 Å². The molecule has 0 aliphatic carbocycles. The van der Waals surface area contributed by atoms with Gasteiger partial charge in [0.15, 0.2) is 0 Å². The molecule has 0 aromatic carbocycles. The van der Waals surface area contributed by atoms with E-state index in [0.29, 0.717) is 5.92 Å². The molecule has 0 saturated heterocycles. The Kier molecular flexibility index (Phi) is 5.06. The molecule has 2 nitrogen and oxygen atoms in total. The van der Waals surface area contributed by atoms with Crippen LogP contribution in [0.15, 0.2) is 5.38 Å². The van der Waals surface area contributed by atoms with Gasteiger partial charge in [-0.05, 0) is 36.6 Å². The monoisotopic (exact) mass is 246 g/mol. The fourth-order valence-electron chi connectivity index (χ4n) is 1.47. The van der Waals surface area contributed by atoms with Crippen molar-refractivity contribution in [3.8, 4) is 0 Å². The average Bonchev–Trinajstić information content (AvgIpc) is 2.50. The van der Waals surface area contributed by atoms with Crippen molar-refractivity contribution in [1.29, 1.82) is 0 Å². The van der Waals surface area contributed by atoms with Crippen LogP contribution in [-0.2, 0) is 0 Å². The van der Waals surface area contributed by atoms with Gasteiger partial charge in [0.05, 0.1) is 11.1 Å². The molecule has 0 aliphatic rings. The number of halogens is 1. The fraction of sp³-hybridized carbons (Fsp3) is 0.636. The zero-order valence-corrected chi connectivity index (χ0v) is 11.1. The van der Waals surface area contributed by atoms with Gasteiger partial charge in [-0.2, -0.15) is 0 Å². The molecule has 0 spiro atoms. The largest absolute Gasteiger partial charge is 0.271 e. The van der Waals surface area contributed by atoms with Crippen molar-refractivity contribution in [2.75, 3.05) is 0 Å². The van der Waals surface area contributed by atoms with Gasteiger partial charge in [0.2, 0.25) is 0 Å². The van der Waals surface area contributed by atoms with Crippen LogP contribution < -0.4 is 11.3 Å². The van der Waals surface area contributed by atoms with Crippen LogP contribution in [-0.4, -0.2) is 0 Å². The van der Waals surface area contributed by atoms with E-state index in [2.05, 4.69) is 24.7 Å². The summed E-state index contributed by atoms with van der Waals surface area (Å²) in [6, 6.07) is 0.193. The predicted molar refractivity (Wildman–Crippen MR) is 68.2 cm³/mol. The minimum absolute atomic E-state index is 0.193. The summed E-state index contributed by atoms with van der Waals surface area (Å²) in [5.41, 5.74) is 3.99. The van der Waals surface area contributed by atoms with Gasteiger partial charge in [-0.3, -0.25) is 11.3 Å². The Hall–Kier alpha value is -0.0900. The Bertz CT molecular complexity index is 310. The van der Waals surface area contributed by atoms with E-state index in [1.165, 1.54) is 0 Å². The Morgan fingerprint density at radius 3 is 2.53 bits per heavy atom. The van der Waals surface area contributed by atoms with E-state index in [9.17, 15) is 0 Å². The Labute approximate surface area is 101 Å². The zero-order chi connectivity index (χ0) is 11.4. The number of nitrogens with one attached hydrogen (secondary N) is 1. The maximum atomic E-state index is 6.21. The zero-order valence-electron chi connectivity index (χ0n) is 9.51. The quantitative estimate of drug-likeness (QED) is 0.615. The van der Waals surface area contributed by atoms with Crippen molar-refractivity contribution >= 4 is 22.9 Å². The summed E-state index contributed by atoms with van der Waals surface area (Å²) in [6.45, 7) is 6.46. The molecule has 4 heteroatoms. The molecule has 1 rings (SSSR count). The number of aryl methyl sites for hydroxylation is 1. The smallest absolute Gasteiger partial charge is 0.0590 e. The van der Waals surface area contributed by atoms with Crippen LogP contribution in [0.5, 0.6) is 0 Å². The number of hydrogen-bond donors (Lipinski definition) is 2. The minimum Gasteiger partial charge on any atom is -0.271 e. The van der Waals surface area contributed by atoms with E-state index >= 15 is 0 Å². The van der Waals surface area contributed by atoms with Gasteiger partial charge in [-0.25, -0.2) is 0 Å². The van der Waals surface area contributed by atoms with Crippen molar-refractivity contribution < 1.29 is 0 Å². The Morgan fingerprint density at radius 2 is 2.13 bits per heavy atom. The topological polar surface area (TPSA) is 38.0 Å². The molecule has 0 saturated carbocycles. The number of nitrogens with two attached hydrogens (primary N) is 1. The van der Waals surface area contributed by atoms with Gasteiger partial charge < -0.3 is 0 Å². The lowest BCUT2D eigenvalue weighted by atomic mass is 10.0. The molecule has 0 amide bonds. The van der Waals surface area contributed by atoms with Crippen LogP contribution >= 0.6 is 22.9 Å². The highest BCUT2D eigenvalue weighted by Crippen LogP contribution is 2.34. The summed E-state index contributed by atoms with van der Waals surface area (Å²) in [6.07, 6.45) is 2.19. The number of hydrazine groups is 1. The second-order valence-electron chi connectivity index (χ2n) is 4.29. The highest BCUT2D eigenvalue weighted by molar-refractivity contribution is 7.10. The van der Waals surface area contributed by atoms with Crippen LogP contribution in [0.1, 0.15) is 43.2 Å². The third-order valence-electron chi connectivity index (χ3n) is 2.48. The lowest BCUT2D eigenvalue weighted by molar-refractivity contribution is 0.453. The first-order chi connectivity index (χ1) is 7.06. The predicted octanol–water partition coefficient (Wildman–Crippen LogP) is 3.65. The molecule has 15 heavy (non-hydrogen) atoms. The van der Waals surface area contributed by atoms with Crippen molar-refractivity contribution in [1.82, 2.24) is 5.43 Å². The van der Waals surface area contributed by atoms with E-state index in [1.54, 1.807) is 11.3 Å². The SMILES string of the molecule is Cc1csc(C(CCC(C)C)NN)c1Cl. The van der Waals surface area contributed by atoms with Crippen molar-refractivity contribution in [3.05, 3.63) is 20.8 Å². The highest BCUT2D eigenvalue weighted by Gasteiger charge is 2.16. The molecule has 1 unspecified atom stereocenters. The third kappa shape index (κ3) is 3.45. The first-order valence-electron chi connectivity index (χ1n) is 5.25. The normalized spacial score (nSPS) is 13.5. The first-order valence-corrected chi connectivity index (χ1v) is 6.51. The lowest BCUT2D eigenvalue weighted by Crippen LogP contribution is -2.27. The number of hydrogen-bond acceptors (Lipinski definition) is 3. The molecule has 86 valence electrons. The van der Waals surface area contributed by atoms with Gasteiger partial charge in [0.1, 0.15) is 0 Å². The molecule has 1 heterocycles. The standard InChI is InChI=1S/C11H19ClN2S/c1-7(2)4-5-9(14-13)11-10(12)8(3)6-15-11/h6-7,9,14H,4-5,13H2,1-3H3. The molecule has 0 fully saturated rings. The molecular formula is C11H19ClN2S. The summed E-state index contributed by atoms with van der Waals surface area (Å²) in [7, 11) is 0. The van der Waals surface area contributed by atoms with E-state index in [1.807, 2.05) is 6.92 Å². The third-order valence-corrected chi connectivity index (χ3v) is 4.30. The fourth-order valence-corrected chi connectivity index (χ4v) is 2.90.